The van der Waals surface area contributed by atoms with Gasteiger partial charge in [0.1, 0.15) is 5.82 Å². The Labute approximate surface area is 114 Å². The molecule has 1 aromatic carbocycles. The number of hydrogen-bond acceptors (Lipinski definition) is 5. The number of hydrogen-bond donors (Lipinski definition) is 3. The Balaban J connectivity index is 2.49. The van der Waals surface area contributed by atoms with E-state index >= 15 is 0 Å². The van der Waals surface area contributed by atoms with Crippen molar-refractivity contribution in [3.8, 4) is 0 Å². The lowest BCUT2D eigenvalue weighted by Gasteiger charge is -2.08. The van der Waals surface area contributed by atoms with Crippen molar-refractivity contribution in [2.45, 2.75) is 13.0 Å². The lowest BCUT2D eigenvalue weighted by molar-refractivity contribution is -0.385. The first-order valence-corrected chi connectivity index (χ1v) is 6.02. The van der Waals surface area contributed by atoms with E-state index < -0.39 is 28.4 Å². The Hall–Kier alpha value is -2.06. The number of aliphatic hydroxyl groups is 1. The van der Waals surface area contributed by atoms with Gasteiger partial charge in [0, 0.05) is 25.7 Å². The van der Waals surface area contributed by atoms with Crippen molar-refractivity contribution >= 4 is 11.6 Å². The number of rotatable bonds is 7. The Morgan fingerprint density at radius 1 is 1.50 bits per heavy atom. The van der Waals surface area contributed by atoms with Crippen molar-refractivity contribution in [3.05, 3.63) is 39.7 Å². The van der Waals surface area contributed by atoms with Gasteiger partial charge in [-0.2, -0.15) is 0 Å². The molecule has 1 amide bonds. The highest BCUT2D eigenvalue weighted by atomic mass is 19.1. The van der Waals surface area contributed by atoms with Crippen LogP contribution in [0.2, 0.25) is 0 Å². The maximum Gasteiger partial charge on any atom is 0.272 e. The number of carbonyl (C=O) groups excluding carboxylic acids is 1. The summed E-state index contributed by atoms with van der Waals surface area (Å²) in [6.45, 7) is 2.69. The molecule has 0 saturated carbocycles. The Morgan fingerprint density at radius 3 is 2.75 bits per heavy atom. The highest BCUT2D eigenvalue weighted by molar-refractivity contribution is 5.94. The molecule has 0 saturated heterocycles. The number of carbonyl (C=O) groups is 1. The van der Waals surface area contributed by atoms with E-state index in [1.165, 1.54) is 0 Å². The van der Waals surface area contributed by atoms with Gasteiger partial charge in [0.05, 0.1) is 22.7 Å². The average molecular weight is 285 g/mol. The lowest BCUT2D eigenvalue weighted by Crippen LogP contribution is -2.34. The average Bonchev–Trinajstić information content (AvgIpc) is 2.37. The van der Waals surface area contributed by atoms with E-state index in [0.29, 0.717) is 19.2 Å². The minimum absolute atomic E-state index is 0.244. The number of nitro benzene ring substituents is 1. The zero-order chi connectivity index (χ0) is 15.1. The predicted octanol–water partition coefficient (Wildman–Crippen LogP) is 0.434. The second kappa shape index (κ2) is 7.51. The molecule has 0 spiro atoms. The summed E-state index contributed by atoms with van der Waals surface area (Å²) in [5.74, 6) is -1.58. The molecule has 8 heteroatoms. The van der Waals surface area contributed by atoms with Gasteiger partial charge in [-0.1, -0.05) is 0 Å². The van der Waals surface area contributed by atoms with Crippen LogP contribution in [-0.4, -0.2) is 41.7 Å². The predicted molar refractivity (Wildman–Crippen MR) is 69.9 cm³/mol. The summed E-state index contributed by atoms with van der Waals surface area (Å²) in [4.78, 5) is 21.4. The van der Waals surface area contributed by atoms with Gasteiger partial charge in [0.15, 0.2) is 0 Å². The van der Waals surface area contributed by atoms with Gasteiger partial charge in [0.25, 0.3) is 11.6 Å². The van der Waals surface area contributed by atoms with Crippen LogP contribution < -0.4 is 10.6 Å². The van der Waals surface area contributed by atoms with Gasteiger partial charge >= 0.3 is 0 Å². The van der Waals surface area contributed by atoms with Gasteiger partial charge in [0.2, 0.25) is 0 Å². The molecule has 0 radical (unpaired) electrons. The van der Waals surface area contributed by atoms with Crippen LogP contribution in [0, 0.1) is 15.9 Å². The van der Waals surface area contributed by atoms with Gasteiger partial charge in [-0.15, -0.1) is 0 Å². The summed E-state index contributed by atoms with van der Waals surface area (Å²) in [6.07, 6.45) is -0.488. The largest absolute Gasteiger partial charge is 0.392 e. The fraction of sp³-hybridized carbons (Fsp3) is 0.417. The number of nitrogens with one attached hydrogen (secondary N) is 2. The molecular weight excluding hydrogens is 269 g/mol. The van der Waals surface area contributed by atoms with Gasteiger partial charge in [-0.3, -0.25) is 14.9 Å². The molecule has 0 aliphatic carbocycles. The monoisotopic (exact) mass is 285 g/mol. The SMILES string of the molecule is CC(O)CNCCNC(=O)c1ccc([N+](=O)[O-])cc1F. The van der Waals surface area contributed by atoms with E-state index in [-0.39, 0.29) is 12.1 Å². The molecule has 1 atom stereocenters. The Morgan fingerprint density at radius 2 is 2.20 bits per heavy atom. The van der Waals surface area contributed by atoms with Crippen molar-refractivity contribution in [1.29, 1.82) is 0 Å². The normalized spacial score (nSPS) is 11.9. The Bertz CT molecular complexity index is 494. The minimum Gasteiger partial charge on any atom is -0.392 e. The van der Waals surface area contributed by atoms with E-state index in [0.717, 1.165) is 12.1 Å². The van der Waals surface area contributed by atoms with Crippen LogP contribution in [0.1, 0.15) is 17.3 Å². The second-order valence-electron chi connectivity index (χ2n) is 4.23. The number of non-ortho nitro benzene ring substituents is 1. The summed E-state index contributed by atoms with van der Waals surface area (Å²) in [6, 6.07) is 2.86. The second-order valence-corrected chi connectivity index (χ2v) is 4.23. The first-order chi connectivity index (χ1) is 9.41. The van der Waals surface area contributed by atoms with Crippen molar-refractivity contribution in [2.24, 2.45) is 0 Å². The summed E-state index contributed by atoms with van der Waals surface area (Å²) >= 11 is 0. The van der Waals surface area contributed by atoms with Crippen LogP contribution in [0.5, 0.6) is 0 Å². The minimum atomic E-state index is -0.936. The summed E-state index contributed by atoms with van der Waals surface area (Å²) < 4.78 is 13.5. The van der Waals surface area contributed by atoms with Crippen LogP contribution in [0.25, 0.3) is 0 Å². The van der Waals surface area contributed by atoms with Crippen molar-refractivity contribution < 1.29 is 19.2 Å². The molecule has 0 aromatic heterocycles. The zero-order valence-corrected chi connectivity index (χ0v) is 10.9. The molecule has 20 heavy (non-hydrogen) atoms. The third-order valence-corrected chi connectivity index (χ3v) is 2.44. The van der Waals surface area contributed by atoms with E-state index in [4.69, 9.17) is 5.11 Å². The molecule has 0 aliphatic rings. The van der Waals surface area contributed by atoms with Gasteiger partial charge in [-0.05, 0) is 13.0 Å². The standard InChI is InChI=1S/C12H16FN3O4/c1-8(17)7-14-4-5-15-12(18)10-3-2-9(16(19)20)6-11(10)13/h2-3,6,8,14,17H,4-5,7H2,1H3,(H,15,18). The third-order valence-electron chi connectivity index (χ3n) is 2.44. The maximum atomic E-state index is 13.5. The summed E-state index contributed by atoms with van der Waals surface area (Å²) in [5.41, 5.74) is -0.649. The molecule has 1 unspecified atom stereocenters. The number of nitro groups is 1. The van der Waals surface area contributed by atoms with Crippen LogP contribution in [-0.2, 0) is 0 Å². The van der Waals surface area contributed by atoms with Crippen LogP contribution >= 0.6 is 0 Å². The number of aliphatic hydroxyl groups excluding tert-OH is 1. The number of nitrogens with zero attached hydrogens (tertiary/aromatic N) is 1. The topological polar surface area (TPSA) is 104 Å². The maximum absolute atomic E-state index is 13.5. The van der Waals surface area contributed by atoms with E-state index in [9.17, 15) is 19.3 Å². The molecule has 0 bridgehead atoms. The third kappa shape index (κ3) is 4.90. The summed E-state index contributed by atoms with van der Waals surface area (Å²) in [7, 11) is 0. The van der Waals surface area contributed by atoms with Crippen LogP contribution in [0.4, 0.5) is 10.1 Å². The first kappa shape index (κ1) is 16.0. The zero-order valence-electron chi connectivity index (χ0n) is 10.9. The van der Waals surface area contributed by atoms with Crippen LogP contribution in [0.15, 0.2) is 18.2 Å². The molecule has 7 nitrogen and oxygen atoms in total. The molecule has 3 N–H and O–H groups in total. The molecule has 0 heterocycles. The molecule has 0 fully saturated rings. The van der Waals surface area contributed by atoms with Gasteiger partial charge < -0.3 is 15.7 Å². The fourth-order valence-corrected chi connectivity index (χ4v) is 1.47. The fourth-order valence-electron chi connectivity index (χ4n) is 1.47. The molecule has 1 aromatic rings. The molecular formula is C12H16FN3O4. The van der Waals surface area contributed by atoms with Gasteiger partial charge in [-0.25, -0.2) is 4.39 Å². The van der Waals surface area contributed by atoms with E-state index in [2.05, 4.69) is 10.6 Å². The highest BCUT2D eigenvalue weighted by Crippen LogP contribution is 2.16. The quantitative estimate of drug-likeness (QED) is 0.383. The number of halogens is 1. The smallest absolute Gasteiger partial charge is 0.272 e. The van der Waals surface area contributed by atoms with Crippen molar-refractivity contribution in [1.82, 2.24) is 10.6 Å². The number of benzene rings is 1. The first-order valence-electron chi connectivity index (χ1n) is 6.02. The highest BCUT2D eigenvalue weighted by Gasteiger charge is 2.15. The molecule has 110 valence electrons. The molecule has 0 aliphatic heterocycles. The van der Waals surface area contributed by atoms with E-state index in [1.807, 2.05) is 0 Å². The van der Waals surface area contributed by atoms with Crippen molar-refractivity contribution in [2.75, 3.05) is 19.6 Å². The summed E-state index contributed by atoms with van der Waals surface area (Å²) in [5, 5.41) is 24.8. The number of amides is 1. The van der Waals surface area contributed by atoms with Crippen LogP contribution in [0.3, 0.4) is 0 Å². The molecule has 1 rings (SSSR count). The Kier molecular flexibility index (Phi) is 6.01. The van der Waals surface area contributed by atoms with E-state index in [1.54, 1.807) is 6.92 Å². The van der Waals surface area contributed by atoms with Crippen molar-refractivity contribution in [3.63, 3.8) is 0 Å². The lowest BCUT2D eigenvalue weighted by atomic mass is 10.2.